The van der Waals surface area contributed by atoms with Crippen molar-refractivity contribution < 1.29 is 14.7 Å². The molecule has 0 spiro atoms. The molecule has 1 aliphatic carbocycles. The minimum atomic E-state index is -1.06. The van der Waals surface area contributed by atoms with Gasteiger partial charge in [0.15, 0.2) is 0 Å². The zero-order valence-corrected chi connectivity index (χ0v) is 24.5. The third-order valence-corrected chi connectivity index (χ3v) is 9.54. The second kappa shape index (κ2) is 13.2. The van der Waals surface area contributed by atoms with Crippen LogP contribution < -0.4 is 5.32 Å². The Morgan fingerprint density at radius 1 is 1.05 bits per heavy atom. The fraction of sp³-hybridized carbons (Fsp3) is 0.529. The molecular formula is C34H46N4O3. The number of hydrogen-bond donors (Lipinski definition) is 2. The van der Waals surface area contributed by atoms with Crippen LogP contribution in [-0.4, -0.2) is 77.1 Å². The third kappa shape index (κ3) is 6.68. The van der Waals surface area contributed by atoms with E-state index in [1.807, 2.05) is 77.4 Å². The lowest BCUT2D eigenvalue weighted by molar-refractivity contribution is -0.135. The average Bonchev–Trinajstić information content (AvgIpc) is 3.66. The van der Waals surface area contributed by atoms with E-state index in [9.17, 15) is 14.7 Å². The monoisotopic (exact) mass is 558 g/mol. The van der Waals surface area contributed by atoms with Gasteiger partial charge in [0.05, 0.1) is 12.6 Å². The van der Waals surface area contributed by atoms with Crippen LogP contribution in [0.2, 0.25) is 0 Å². The van der Waals surface area contributed by atoms with Gasteiger partial charge in [0, 0.05) is 50.6 Å². The molecule has 3 fully saturated rings. The Bertz CT molecular complexity index is 1160. The van der Waals surface area contributed by atoms with Gasteiger partial charge in [-0.25, -0.2) is 4.79 Å². The number of aliphatic hydroxyl groups is 1. The Morgan fingerprint density at radius 2 is 1.68 bits per heavy atom. The Morgan fingerprint density at radius 3 is 2.32 bits per heavy atom. The van der Waals surface area contributed by atoms with Crippen molar-refractivity contribution in [2.45, 2.75) is 63.1 Å². The minimum absolute atomic E-state index is 0.0602. The van der Waals surface area contributed by atoms with Crippen LogP contribution in [0.3, 0.4) is 0 Å². The highest BCUT2D eigenvalue weighted by Gasteiger charge is 2.49. The van der Waals surface area contributed by atoms with Crippen molar-refractivity contribution >= 4 is 11.9 Å². The third-order valence-electron chi connectivity index (χ3n) is 9.54. The molecule has 3 amide bonds. The van der Waals surface area contributed by atoms with E-state index < -0.39 is 5.60 Å². The number of carbonyl (C=O) groups is 2. The number of benzene rings is 2. The molecule has 2 heterocycles. The van der Waals surface area contributed by atoms with E-state index in [0.29, 0.717) is 19.6 Å². The standard InChI is InChI=1S/C34H46N4O3/c1-3-20-38(33(40)35-26(2)27-12-6-4-7-13-27)31-18-21-36(22-19-31)23-30-24-37(32(39)28-14-10-11-15-28)25-34(30,41)29-16-8-5-9-17-29/h3-9,12-13,16-17,26,28,30-31,41H,1,10-11,14-15,18-25H2,2H3,(H,35,40)/t26-,30+,34+/m1/s1. The van der Waals surface area contributed by atoms with Gasteiger partial charge >= 0.3 is 6.03 Å². The molecule has 2 aromatic carbocycles. The summed E-state index contributed by atoms with van der Waals surface area (Å²) in [6, 6.07) is 19.9. The second-order valence-corrected chi connectivity index (χ2v) is 12.2. The molecule has 41 heavy (non-hydrogen) atoms. The normalized spacial score (nSPS) is 24.7. The molecule has 0 radical (unpaired) electrons. The molecule has 3 atom stereocenters. The van der Waals surface area contributed by atoms with Crippen LogP contribution in [0.4, 0.5) is 4.79 Å². The van der Waals surface area contributed by atoms with Crippen molar-refractivity contribution in [2.75, 3.05) is 39.3 Å². The lowest BCUT2D eigenvalue weighted by atomic mass is 9.83. The summed E-state index contributed by atoms with van der Waals surface area (Å²) in [5, 5.41) is 15.3. The minimum Gasteiger partial charge on any atom is -0.383 e. The molecule has 3 aliphatic rings. The lowest BCUT2D eigenvalue weighted by Gasteiger charge is -2.40. The van der Waals surface area contributed by atoms with E-state index in [0.717, 1.165) is 69.3 Å². The Kier molecular flexibility index (Phi) is 9.46. The van der Waals surface area contributed by atoms with Gasteiger partial charge in [0.25, 0.3) is 0 Å². The van der Waals surface area contributed by atoms with Crippen molar-refractivity contribution in [1.82, 2.24) is 20.0 Å². The number of carbonyl (C=O) groups excluding carboxylic acids is 2. The number of hydrogen-bond acceptors (Lipinski definition) is 4. The first-order valence-electron chi connectivity index (χ1n) is 15.4. The number of likely N-dealkylation sites (tertiary alicyclic amines) is 2. The zero-order chi connectivity index (χ0) is 28.8. The highest BCUT2D eigenvalue weighted by Crippen LogP contribution is 2.40. The molecule has 2 N–H and O–H groups in total. The van der Waals surface area contributed by atoms with Crippen molar-refractivity contribution in [1.29, 1.82) is 0 Å². The van der Waals surface area contributed by atoms with Crippen molar-refractivity contribution in [3.05, 3.63) is 84.4 Å². The number of β-amino-alcohol motifs (C(OH)–C–C–N with tert-alkyl or cyclic N) is 1. The van der Waals surface area contributed by atoms with E-state index >= 15 is 0 Å². The summed E-state index contributed by atoms with van der Waals surface area (Å²) >= 11 is 0. The maximum atomic E-state index is 13.4. The van der Waals surface area contributed by atoms with Gasteiger partial charge < -0.3 is 25.1 Å². The van der Waals surface area contributed by atoms with Crippen LogP contribution in [0.1, 0.15) is 62.6 Å². The van der Waals surface area contributed by atoms with E-state index in [4.69, 9.17) is 0 Å². The molecule has 2 aromatic rings. The Balaban J connectivity index is 1.22. The first-order chi connectivity index (χ1) is 19.9. The summed E-state index contributed by atoms with van der Waals surface area (Å²) in [6.07, 6.45) is 7.71. The molecule has 0 aromatic heterocycles. The van der Waals surface area contributed by atoms with Crippen LogP contribution in [0, 0.1) is 11.8 Å². The highest BCUT2D eigenvalue weighted by atomic mass is 16.3. The van der Waals surface area contributed by atoms with Gasteiger partial charge in [-0.1, -0.05) is 79.6 Å². The first kappa shape index (κ1) is 29.3. The summed E-state index contributed by atoms with van der Waals surface area (Å²) in [7, 11) is 0. The molecular weight excluding hydrogens is 512 g/mol. The van der Waals surface area contributed by atoms with Crippen LogP contribution >= 0.6 is 0 Å². The van der Waals surface area contributed by atoms with Gasteiger partial charge in [-0.05, 0) is 43.7 Å². The quantitative estimate of drug-likeness (QED) is 0.427. The number of amides is 3. The number of nitrogens with one attached hydrogen (secondary N) is 1. The van der Waals surface area contributed by atoms with Crippen molar-refractivity contribution in [2.24, 2.45) is 11.8 Å². The first-order valence-corrected chi connectivity index (χ1v) is 15.4. The van der Waals surface area contributed by atoms with Crippen LogP contribution in [0.25, 0.3) is 0 Å². The number of nitrogens with zero attached hydrogens (tertiary/aromatic N) is 3. The van der Waals surface area contributed by atoms with Crippen LogP contribution in [0.15, 0.2) is 73.3 Å². The molecule has 2 saturated heterocycles. The maximum absolute atomic E-state index is 13.4. The fourth-order valence-corrected chi connectivity index (χ4v) is 7.12. The number of rotatable bonds is 9. The molecule has 7 heteroatoms. The Labute approximate surface area is 245 Å². The van der Waals surface area contributed by atoms with Gasteiger partial charge in [-0.2, -0.15) is 0 Å². The molecule has 0 bridgehead atoms. The SMILES string of the molecule is C=CCN(C(=O)N[C@H](C)c1ccccc1)C1CCN(C[C@H]2CN(C(=O)C3CCCC3)C[C@]2(O)c2ccccc2)CC1. The van der Waals surface area contributed by atoms with Crippen molar-refractivity contribution in [3.63, 3.8) is 0 Å². The molecule has 0 unspecified atom stereocenters. The molecule has 2 aliphatic heterocycles. The number of urea groups is 1. The summed E-state index contributed by atoms with van der Waals surface area (Å²) in [4.78, 5) is 32.9. The predicted molar refractivity (Wildman–Crippen MR) is 162 cm³/mol. The Hall–Kier alpha value is -3.16. The van der Waals surface area contributed by atoms with E-state index in [1.165, 1.54) is 0 Å². The van der Waals surface area contributed by atoms with Crippen LogP contribution in [0.5, 0.6) is 0 Å². The van der Waals surface area contributed by atoms with E-state index in [-0.39, 0.29) is 35.9 Å². The molecule has 220 valence electrons. The maximum Gasteiger partial charge on any atom is 0.318 e. The summed E-state index contributed by atoms with van der Waals surface area (Å²) in [6.45, 7) is 9.78. The summed E-state index contributed by atoms with van der Waals surface area (Å²) in [5.41, 5.74) is 0.912. The predicted octanol–water partition coefficient (Wildman–Crippen LogP) is 4.95. The highest BCUT2D eigenvalue weighted by molar-refractivity contribution is 5.79. The number of piperidine rings is 1. The topological polar surface area (TPSA) is 76.1 Å². The fourth-order valence-electron chi connectivity index (χ4n) is 7.12. The van der Waals surface area contributed by atoms with Gasteiger partial charge in [0.2, 0.25) is 5.91 Å². The lowest BCUT2D eigenvalue weighted by Crippen LogP contribution is -2.52. The van der Waals surface area contributed by atoms with Gasteiger partial charge in [0.1, 0.15) is 5.60 Å². The average molecular weight is 559 g/mol. The molecule has 1 saturated carbocycles. The zero-order valence-electron chi connectivity index (χ0n) is 24.5. The molecule has 7 nitrogen and oxygen atoms in total. The largest absolute Gasteiger partial charge is 0.383 e. The summed E-state index contributed by atoms with van der Waals surface area (Å²) < 4.78 is 0. The van der Waals surface area contributed by atoms with E-state index in [2.05, 4.69) is 16.8 Å². The van der Waals surface area contributed by atoms with Gasteiger partial charge in [-0.15, -0.1) is 6.58 Å². The molecule has 5 rings (SSSR count). The smallest absolute Gasteiger partial charge is 0.318 e. The van der Waals surface area contributed by atoms with Gasteiger partial charge in [-0.3, -0.25) is 4.79 Å². The van der Waals surface area contributed by atoms with E-state index in [1.54, 1.807) is 6.08 Å². The van der Waals surface area contributed by atoms with Crippen LogP contribution in [-0.2, 0) is 10.4 Å². The summed E-state index contributed by atoms with van der Waals surface area (Å²) in [5.74, 6) is 0.260. The van der Waals surface area contributed by atoms with Crippen molar-refractivity contribution in [3.8, 4) is 0 Å². The second-order valence-electron chi connectivity index (χ2n) is 12.2.